The number of hydrogen-bond donors (Lipinski definition) is 1. The maximum atomic E-state index is 13.5. The zero-order valence-corrected chi connectivity index (χ0v) is 17.2. The molecule has 1 atom stereocenters. The van der Waals surface area contributed by atoms with Crippen LogP contribution < -0.4 is 10.5 Å². The van der Waals surface area contributed by atoms with Gasteiger partial charge in [-0.2, -0.15) is 5.10 Å². The first-order chi connectivity index (χ1) is 14.5. The van der Waals surface area contributed by atoms with Crippen LogP contribution in [0.15, 0.2) is 41.7 Å². The van der Waals surface area contributed by atoms with Crippen LogP contribution in [0.1, 0.15) is 12.5 Å². The van der Waals surface area contributed by atoms with E-state index in [1.165, 1.54) is 0 Å². The summed E-state index contributed by atoms with van der Waals surface area (Å²) in [6, 6.07) is 3.94. The maximum Gasteiger partial charge on any atom is 0.299 e. The summed E-state index contributed by atoms with van der Waals surface area (Å²) in [6.07, 6.45) is 7.27. The first kappa shape index (κ1) is 18.6. The van der Waals surface area contributed by atoms with Crippen molar-refractivity contribution in [3.63, 3.8) is 0 Å². The third-order valence-electron chi connectivity index (χ3n) is 5.48. The Bertz CT molecular complexity index is 1290. The number of aromatic amines is 1. The van der Waals surface area contributed by atoms with Crippen LogP contribution in [-0.2, 0) is 11.8 Å². The number of nitrogens with one attached hydrogen (secondary N) is 1. The third-order valence-corrected chi connectivity index (χ3v) is 5.48. The van der Waals surface area contributed by atoms with Crippen molar-refractivity contribution in [1.29, 1.82) is 0 Å². The van der Waals surface area contributed by atoms with E-state index in [4.69, 9.17) is 9.72 Å². The van der Waals surface area contributed by atoms with Crippen LogP contribution in [-0.4, -0.2) is 55.1 Å². The zero-order chi connectivity index (χ0) is 20.8. The number of morpholine rings is 1. The Kier molecular flexibility index (Phi) is 4.39. The molecule has 1 aliphatic rings. The molecular formula is C21H23N7O2. The Morgan fingerprint density at radius 2 is 2.10 bits per heavy atom. The fourth-order valence-corrected chi connectivity index (χ4v) is 4.01. The highest BCUT2D eigenvalue weighted by atomic mass is 16.5. The predicted molar refractivity (Wildman–Crippen MR) is 114 cm³/mol. The largest absolute Gasteiger partial charge is 0.377 e. The highest BCUT2D eigenvalue weighted by Crippen LogP contribution is 2.27. The van der Waals surface area contributed by atoms with Crippen LogP contribution in [0.2, 0.25) is 0 Å². The molecule has 0 aromatic carbocycles. The Hall–Kier alpha value is -3.46. The second kappa shape index (κ2) is 7.10. The number of rotatable bonds is 3. The number of hydrogen-bond acceptors (Lipinski definition) is 6. The van der Waals surface area contributed by atoms with E-state index in [0.717, 1.165) is 22.2 Å². The molecule has 0 aliphatic carbocycles. The number of aromatic nitrogens is 6. The van der Waals surface area contributed by atoms with E-state index in [9.17, 15) is 4.79 Å². The number of H-pyrrole nitrogens is 1. The fourth-order valence-electron chi connectivity index (χ4n) is 4.01. The highest BCUT2D eigenvalue weighted by Gasteiger charge is 2.26. The molecule has 9 nitrogen and oxygen atoms in total. The first-order valence-electron chi connectivity index (χ1n) is 9.94. The molecule has 0 radical (unpaired) electrons. The summed E-state index contributed by atoms with van der Waals surface area (Å²) >= 11 is 0. The summed E-state index contributed by atoms with van der Waals surface area (Å²) in [5.74, 6) is 1.02. The van der Waals surface area contributed by atoms with Crippen molar-refractivity contribution in [3.05, 3.63) is 52.8 Å². The Labute approximate surface area is 172 Å². The molecule has 154 valence electrons. The van der Waals surface area contributed by atoms with Crippen LogP contribution >= 0.6 is 0 Å². The Morgan fingerprint density at radius 1 is 1.23 bits per heavy atom. The molecule has 1 N–H and O–H groups in total. The summed E-state index contributed by atoms with van der Waals surface area (Å²) in [7, 11) is 1.85. The van der Waals surface area contributed by atoms with Gasteiger partial charge in [0.2, 0.25) is 0 Å². The zero-order valence-electron chi connectivity index (χ0n) is 17.2. The SMILES string of the molecule is Cc1cn(C)nc1-n1cc(-c2ccnc3[nH]ccc23)nc(N2CCOC[C@H]2C)c1=O. The van der Waals surface area contributed by atoms with Gasteiger partial charge in [-0.3, -0.25) is 14.0 Å². The lowest BCUT2D eigenvalue weighted by Gasteiger charge is -2.34. The maximum absolute atomic E-state index is 13.5. The lowest BCUT2D eigenvalue weighted by atomic mass is 10.1. The van der Waals surface area contributed by atoms with Crippen molar-refractivity contribution in [3.8, 4) is 17.1 Å². The first-order valence-corrected chi connectivity index (χ1v) is 9.94. The molecule has 1 fully saturated rings. The van der Waals surface area contributed by atoms with Gasteiger partial charge in [-0.05, 0) is 26.0 Å². The predicted octanol–water partition coefficient (Wildman–Crippen LogP) is 2.04. The number of aryl methyl sites for hydroxylation is 2. The van der Waals surface area contributed by atoms with Crippen LogP contribution in [0.25, 0.3) is 28.1 Å². The molecule has 1 aliphatic heterocycles. The number of pyridine rings is 1. The van der Waals surface area contributed by atoms with Gasteiger partial charge in [0.1, 0.15) is 5.65 Å². The highest BCUT2D eigenvalue weighted by molar-refractivity contribution is 5.91. The van der Waals surface area contributed by atoms with Gasteiger partial charge in [0.25, 0.3) is 5.56 Å². The summed E-state index contributed by atoms with van der Waals surface area (Å²) in [5.41, 5.74) is 3.11. The number of fused-ring (bicyclic) bond motifs is 1. The van der Waals surface area contributed by atoms with E-state index in [2.05, 4.69) is 15.1 Å². The lowest BCUT2D eigenvalue weighted by molar-refractivity contribution is 0.0983. The van der Waals surface area contributed by atoms with Crippen molar-refractivity contribution in [2.24, 2.45) is 7.05 Å². The molecule has 0 unspecified atom stereocenters. The van der Waals surface area contributed by atoms with Crippen LogP contribution in [0.5, 0.6) is 0 Å². The average molecular weight is 405 g/mol. The lowest BCUT2D eigenvalue weighted by Crippen LogP contribution is -2.47. The third kappa shape index (κ3) is 2.98. The minimum absolute atomic E-state index is 0.0530. The summed E-state index contributed by atoms with van der Waals surface area (Å²) in [4.78, 5) is 27.9. The smallest absolute Gasteiger partial charge is 0.299 e. The number of anilines is 1. The quantitative estimate of drug-likeness (QED) is 0.561. The molecule has 5 rings (SSSR count). The average Bonchev–Trinajstić information content (AvgIpc) is 3.34. The van der Waals surface area contributed by atoms with Gasteiger partial charge in [-0.15, -0.1) is 0 Å². The topological polar surface area (TPSA) is 93.9 Å². The van der Waals surface area contributed by atoms with Crippen molar-refractivity contribution in [2.45, 2.75) is 19.9 Å². The van der Waals surface area contributed by atoms with Crippen LogP contribution in [0.3, 0.4) is 0 Å². The van der Waals surface area contributed by atoms with Gasteiger partial charge in [0, 0.05) is 54.9 Å². The molecule has 0 saturated carbocycles. The van der Waals surface area contributed by atoms with E-state index in [1.54, 1.807) is 21.6 Å². The van der Waals surface area contributed by atoms with Crippen molar-refractivity contribution in [1.82, 2.24) is 29.3 Å². The van der Waals surface area contributed by atoms with Gasteiger partial charge in [-0.1, -0.05) is 0 Å². The fraction of sp³-hybridized carbons (Fsp3) is 0.333. The molecule has 5 heterocycles. The van der Waals surface area contributed by atoms with E-state index in [1.807, 2.05) is 50.3 Å². The molecule has 4 aromatic heterocycles. The summed E-state index contributed by atoms with van der Waals surface area (Å²) in [6.45, 7) is 5.73. The van der Waals surface area contributed by atoms with E-state index in [0.29, 0.717) is 37.1 Å². The van der Waals surface area contributed by atoms with Gasteiger partial charge in [0.15, 0.2) is 11.6 Å². The second-order valence-electron chi connectivity index (χ2n) is 7.65. The Morgan fingerprint density at radius 3 is 2.87 bits per heavy atom. The molecule has 0 bridgehead atoms. The number of nitrogens with zero attached hydrogens (tertiary/aromatic N) is 6. The molecular weight excluding hydrogens is 382 g/mol. The van der Waals surface area contributed by atoms with E-state index in [-0.39, 0.29) is 11.6 Å². The van der Waals surface area contributed by atoms with Crippen molar-refractivity contribution >= 4 is 16.9 Å². The second-order valence-corrected chi connectivity index (χ2v) is 7.65. The van der Waals surface area contributed by atoms with Crippen molar-refractivity contribution in [2.75, 3.05) is 24.7 Å². The van der Waals surface area contributed by atoms with Gasteiger partial charge < -0.3 is 14.6 Å². The molecule has 4 aromatic rings. The van der Waals surface area contributed by atoms with Gasteiger partial charge in [0.05, 0.1) is 24.9 Å². The molecule has 1 saturated heterocycles. The minimum Gasteiger partial charge on any atom is -0.377 e. The molecule has 30 heavy (non-hydrogen) atoms. The number of ether oxygens (including phenoxy) is 1. The molecule has 0 amide bonds. The van der Waals surface area contributed by atoms with E-state index < -0.39 is 0 Å². The standard InChI is InChI=1S/C21H23N7O2/c1-13-10-26(3)25-19(13)28-11-17(15-4-6-22-18-16(15)5-7-23-18)24-20(21(28)29)27-8-9-30-12-14(27)2/h4-7,10-11,14H,8-9,12H2,1-3H3,(H,22,23)/t14-/m1/s1. The monoisotopic (exact) mass is 405 g/mol. The van der Waals surface area contributed by atoms with Gasteiger partial charge >= 0.3 is 0 Å². The minimum atomic E-state index is -0.186. The molecule has 0 spiro atoms. The van der Waals surface area contributed by atoms with Crippen LogP contribution in [0, 0.1) is 6.92 Å². The van der Waals surface area contributed by atoms with Crippen LogP contribution in [0.4, 0.5) is 5.82 Å². The van der Waals surface area contributed by atoms with Gasteiger partial charge in [-0.25, -0.2) is 9.97 Å². The van der Waals surface area contributed by atoms with E-state index >= 15 is 0 Å². The normalized spacial score (nSPS) is 17.0. The Balaban J connectivity index is 1.78. The molecule has 9 heteroatoms. The summed E-state index contributed by atoms with van der Waals surface area (Å²) in [5, 5.41) is 5.48. The van der Waals surface area contributed by atoms with Crippen molar-refractivity contribution < 1.29 is 4.74 Å². The summed E-state index contributed by atoms with van der Waals surface area (Å²) < 4.78 is 8.89.